The number of nitrogens with one attached hydrogen (secondary N) is 1. The zero-order valence-electron chi connectivity index (χ0n) is 22.9. The summed E-state index contributed by atoms with van der Waals surface area (Å²) in [6.45, 7) is 6.67. The minimum atomic E-state index is -1.78. The number of anilines is 1. The quantitative estimate of drug-likeness (QED) is 0.384. The summed E-state index contributed by atoms with van der Waals surface area (Å²) in [7, 11) is 1.96. The van der Waals surface area contributed by atoms with Crippen LogP contribution in [-0.4, -0.2) is 60.4 Å². The Morgan fingerprint density at radius 1 is 1.05 bits per heavy atom. The Balaban J connectivity index is 1.60. The van der Waals surface area contributed by atoms with Gasteiger partial charge in [0, 0.05) is 36.3 Å². The monoisotopic (exact) mass is 592 g/mol. The van der Waals surface area contributed by atoms with Gasteiger partial charge in [-0.3, -0.25) is 9.69 Å². The number of amides is 1. The van der Waals surface area contributed by atoms with Crippen molar-refractivity contribution in [2.45, 2.75) is 43.9 Å². The molecule has 7 nitrogen and oxygen atoms in total. The van der Waals surface area contributed by atoms with Gasteiger partial charge in [0.2, 0.25) is 5.91 Å². The first-order chi connectivity index (χ1) is 19.3. The fourth-order valence-electron chi connectivity index (χ4n) is 5.19. The molecule has 5 rings (SSSR count). The van der Waals surface area contributed by atoms with Gasteiger partial charge >= 0.3 is 0 Å². The van der Waals surface area contributed by atoms with Crippen molar-refractivity contribution in [3.8, 4) is 0 Å². The molecule has 0 aliphatic carbocycles. The molecule has 3 heterocycles. The van der Waals surface area contributed by atoms with Crippen LogP contribution in [0.2, 0.25) is 5.22 Å². The molecular formula is C29H29ClF4N4O3. The van der Waals surface area contributed by atoms with Crippen LogP contribution < -0.4 is 10.3 Å². The third kappa shape index (κ3) is 5.33. The Labute approximate surface area is 239 Å². The molecule has 1 saturated heterocycles. The molecule has 0 bridgehead atoms. The molecule has 2 aliphatic heterocycles. The van der Waals surface area contributed by atoms with Gasteiger partial charge in [-0.1, -0.05) is 0 Å². The molecule has 1 N–H and O–H groups in total. The fraction of sp³-hybridized carbons (Fsp3) is 0.379. The maximum Gasteiger partial charge on any atom is 0.249 e. The van der Waals surface area contributed by atoms with Crippen LogP contribution in [0.1, 0.15) is 38.0 Å². The van der Waals surface area contributed by atoms with Crippen molar-refractivity contribution in [3.63, 3.8) is 0 Å². The van der Waals surface area contributed by atoms with E-state index in [0.717, 1.165) is 23.2 Å². The van der Waals surface area contributed by atoms with Crippen LogP contribution in [0.25, 0.3) is 0 Å². The highest BCUT2D eigenvalue weighted by atomic mass is 35.5. The highest BCUT2D eigenvalue weighted by Crippen LogP contribution is 2.46. The maximum absolute atomic E-state index is 15.2. The van der Waals surface area contributed by atoms with E-state index < -0.39 is 40.6 Å². The van der Waals surface area contributed by atoms with Crippen LogP contribution in [-0.2, 0) is 9.53 Å². The van der Waals surface area contributed by atoms with E-state index in [0.29, 0.717) is 25.3 Å². The zero-order valence-corrected chi connectivity index (χ0v) is 23.6. The number of morpholine rings is 1. The molecule has 0 spiro atoms. The van der Waals surface area contributed by atoms with Crippen LogP contribution in [0.3, 0.4) is 0 Å². The van der Waals surface area contributed by atoms with E-state index in [1.807, 2.05) is 20.9 Å². The molecule has 1 fully saturated rings. The average Bonchev–Trinajstić information content (AvgIpc) is 3.45. The first kappa shape index (κ1) is 29.1. The molecule has 3 atom stereocenters. The van der Waals surface area contributed by atoms with Crippen molar-refractivity contribution in [1.82, 2.24) is 10.2 Å². The molecule has 41 heavy (non-hydrogen) atoms. The van der Waals surface area contributed by atoms with Crippen LogP contribution in [0.15, 0.2) is 58.0 Å². The molecule has 12 heteroatoms. The van der Waals surface area contributed by atoms with Gasteiger partial charge in [-0.05, 0) is 75.8 Å². The van der Waals surface area contributed by atoms with Gasteiger partial charge in [0.05, 0.1) is 30.0 Å². The number of hydrazone groups is 1. The number of carbonyl (C=O) groups excluding carboxylic acids is 1. The Kier molecular flexibility index (Phi) is 7.65. The average molecular weight is 593 g/mol. The van der Waals surface area contributed by atoms with Crippen molar-refractivity contribution in [3.05, 3.63) is 88.3 Å². The van der Waals surface area contributed by atoms with Crippen molar-refractivity contribution < 1.29 is 31.5 Å². The van der Waals surface area contributed by atoms with Gasteiger partial charge in [-0.2, -0.15) is 5.10 Å². The molecule has 218 valence electrons. The maximum atomic E-state index is 15.2. The lowest BCUT2D eigenvalue weighted by Gasteiger charge is -2.43. The summed E-state index contributed by atoms with van der Waals surface area (Å²) >= 11 is 6.09. The largest absolute Gasteiger partial charge is 0.449 e. The predicted octanol–water partition coefficient (Wildman–Crippen LogP) is 5.48. The lowest BCUT2D eigenvalue weighted by atomic mass is 9.78. The molecule has 2 aromatic carbocycles. The number of hydrogen-bond acceptors (Lipinski definition) is 6. The number of hydrogen-bond donors (Lipinski definition) is 1. The normalized spacial score (nSPS) is 24.4. The van der Waals surface area contributed by atoms with Gasteiger partial charge in [0.15, 0.2) is 16.6 Å². The Morgan fingerprint density at radius 3 is 2.34 bits per heavy atom. The highest BCUT2D eigenvalue weighted by molar-refractivity contribution is 6.28. The molecular weight excluding hydrogens is 564 g/mol. The Bertz CT molecular complexity index is 1510. The summed E-state index contributed by atoms with van der Waals surface area (Å²) in [6, 6.07) is 8.67. The third-order valence-electron chi connectivity index (χ3n) is 7.84. The summed E-state index contributed by atoms with van der Waals surface area (Å²) in [6.07, 6.45) is -0.343. The Morgan fingerprint density at radius 2 is 1.73 bits per heavy atom. The van der Waals surface area contributed by atoms with Crippen LogP contribution in [0.5, 0.6) is 0 Å². The topological polar surface area (TPSA) is 70.3 Å². The molecule has 0 radical (unpaired) electrons. The second-order valence-electron chi connectivity index (χ2n) is 11.1. The first-order valence-electron chi connectivity index (χ1n) is 13.0. The molecule has 3 unspecified atom stereocenters. The second-order valence-corrected chi connectivity index (χ2v) is 11.4. The summed E-state index contributed by atoms with van der Waals surface area (Å²) < 4.78 is 69.7. The van der Waals surface area contributed by atoms with Crippen molar-refractivity contribution in [1.29, 1.82) is 0 Å². The van der Waals surface area contributed by atoms with E-state index in [4.69, 9.17) is 20.8 Å². The van der Waals surface area contributed by atoms with Gasteiger partial charge < -0.3 is 14.5 Å². The van der Waals surface area contributed by atoms with E-state index in [9.17, 15) is 13.6 Å². The van der Waals surface area contributed by atoms with Crippen LogP contribution in [0, 0.1) is 23.3 Å². The van der Waals surface area contributed by atoms with Gasteiger partial charge in [-0.15, -0.1) is 0 Å². The van der Waals surface area contributed by atoms with Crippen LogP contribution in [0.4, 0.5) is 23.2 Å². The number of nitrogens with zero attached hydrogens (tertiary/aromatic N) is 3. The molecule has 2 aliphatic rings. The second kappa shape index (κ2) is 10.8. The highest BCUT2D eigenvalue weighted by Gasteiger charge is 2.57. The molecule has 3 aromatic rings. The number of rotatable bonds is 6. The summed E-state index contributed by atoms with van der Waals surface area (Å²) in [5.41, 5.74) is -2.37. The summed E-state index contributed by atoms with van der Waals surface area (Å²) in [4.78, 5) is 16.3. The van der Waals surface area contributed by atoms with Crippen LogP contribution >= 0.6 is 11.6 Å². The minimum Gasteiger partial charge on any atom is -0.449 e. The number of likely N-dealkylation sites (N-methyl/N-ethyl adjacent to an activating group) is 1. The summed E-state index contributed by atoms with van der Waals surface area (Å²) in [5, 5.41) is 8.45. The van der Waals surface area contributed by atoms with E-state index >= 15 is 8.78 Å². The fourth-order valence-corrected chi connectivity index (χ4v) is 5.34. The molecule has 0 saturated carbocycles. The van der Waals surface area contributed by atoms with Gasteiger partial charge in [0.25, 0.3) is 0 Å². The van der Waals surface area contributed by atoms with E-state index in [1.54, 1.807) is 0 Å². The van der Waals surface area contributed by atoms with E-state index in [2.05, 4.69) is 15.3 Å². The first-order valence-corrected chi connectivity index (χ1v) is 13.3. The van der Waals surface area contributed by atoms with Gasteiger partial charge in [0.1, 0.15) is 23.2 Å². The third-order valence-corrected chi connectivity index (χ3v) is 8.04. The lowest BCUT2D eigenvalue weighted by molar-refractivity contribution is -0.128. The SMILES string of the molecule is CN1CC(CNC(=O)C2(C)C(c3ccc(Cl)o3)C(c3ccc(F)cc3F)=NN2c2ccc(F)cc2F)OCC1(C)C. The molecule has 1 aromatic heterocycles. The summed E-state index contributed by atoms with van der Waals surface area (Å²) in [5.74, 6) is -5.22. The zero-order chi connectivity index (χ0) is 29.7. The standard InChI is InChI=1S/C29H29ClF4N4O3/c1-28(2)15-40-18(14-37(28)4)13-35-27(39)29(3)25(23-9-10-24(30)41-23)26(19-7-5-16(31)11-20(19)33)36-38(29)22-8-6-17(32)12-21(22)34/h5-12,18,25H,13-15H2,1-4H3,(H,35,39). The number of halogens is 5. The molecule has 1 amide bonds. The van der Waals surface area contributed by atoms with Crippen molar-refractivity contribution >= 4 is 28.9 Å². The number of ether oxygens (including phenoxy) is 1. The minimum absolute atomic E-state index is 0.00523. The smallest absolute Gasteiger partial charge is 0.249 e. The lowest BCUT2D eigenvalue weighted by Crippen LogP contribution is -2.60. The number of benzene rings is 2. The van der Waals surface area contributed by atoms with Gasteiger partial charge in [-0.25, -0.2) is 22.6 Å². The number of furan rings is 1. The van der Waals surface area contributed by atoms with Crippen molar-refractivity contribution in [2.75, 3.05) is 31.8 Å². The van der Waals surface area contributed by atoms with E-state index in [1.165, 1.54) is 25.1 Å². The van der Waals surface area contributed by atoms with Crippen molar-refractivity contribution in [2.24, 2.45) is 5.10 Å². The number of carbonyl (C=O) groups is 1. The Hall–Kier alpha value is -3.41. The van der Waals surface area contributed by atoms with E-state index in [-0.39, 0.29) is 46.1 Å². The predicted molar refractivity (Wildman–Crippen MR) is 146 cm³/mol.